The van der Waals surface area contributed by atoms with Crippen molar-refractivity contribution in [1.29, 1.82) is 0 Å². The minimum atomic E-state index is -0.0200. The van der Waals surface area contributed by atoms with Crippen LogP contribution in [-0.2, 0) is 9.59 Å². The van der Waals surface area contributed by atoms with Gasteiger partial charge in [0.2, 0.25) is 5.91 Å². The van der Waals surface area contributed by atoms with Crippen LogP contribution in [0.4, 0.5) is 5.69 Å². The highest BCUT2D eigenvalue weighted by Crippen LogP contribution is 2.30. The Morgan fingerprint density at radius 3 is 2.75 bits per heavy atom. The second-order valence-corrected chi connectivity index (χ2v) is 6.31. The van der Waals surface area contributed by atoms with E-state index < -0.39 is 0 Å². The molecule has 1 heterocycles. The monoisotopic (exact) mass is 353 g/mol. The molecule has 1 aromatic rings. The standard InChI is InChI=1S/C17H23N3O3.ClH/c18-9-12-6-7-20(10-12)16(21)11-23-15-3-1-2-14(8-15)19-17(22)13-4-5-13;/h1-3,8,12-13H,4-7,9-11,18H2,(H,19,22);1H. The van der Waals surface area contributed by atoms with Gasteiger partial charge in [-0.2, -0.15) is 0 Å². The number of anilines is 1. The summed E-state index contributed by atoms with van der Waals surface area (Å²) >= 11 is 0. The summed E-state index contributed by atoms with van der Waals surface area (Å²) < 4.78 is 5.57. The maximum atomic E-state index is 12.1. The molecular formula is C17H24ClN3O3. The van der Waals surface area contributed by atoms with E-state index >= 15 is 0 Å². The Morgan fingerprint density at radius 2 is 2.08 bits per heavy atom. The summed E-state index contributed by atoms with van der Waals surface area (Å²) in [5.41, 5.74) is 6.34. The number of likely N-dealkylation sites (tertiary alicyclic amines) is 1. The molecule has 0 aromatic heterocycles. The van der Waals surface area contributed by atoms with Crippen molar-refractivity contribution in [2.75, 3.05) is 31.6 Å². The van der Waals surface area contributed by atoms with Crippen molar-refractivity contribution >= 4 is 29.9 Å². The molecule has 1 saturated heterocycles. The molecule has 2 fully saturated rings. The zero-order chi connectivity index (χ0) is 16.2. The Balaban J connectivity index is 0.00000208. The molecular weight excluding hydrogens is 330 g/mol. The highest BCUT2D eigenvalue weighted by molar-refractivity contribution is 5.94. The highest BCUT2D eigenvalue weighted by atomic mass is 35.5. The van der Waals surface area contributed by atoms with Gasteiger partial charge in [0.25, 0.3) is 5.91 Å². The van der Waals surface area contributed by atoms with Gasteiger partial charge in [-0.1, -0.05) is 6.07 Å². The van der Waals surface area contributed by atoms with Crippen LogP contribution in [0.25, 0.3) is 0 Å². The van der Waals surface area contributed by atoms with Gasteiger partial charge in [0.1, 0.15) is 5.75 Å². The number of benzene rings is 1. The number of hydrogen-bond donors (Lipinski definition) is 2. The van der Waals surface area contributed by atoms with Crippen LogP contribution >= 0.6 is 12.4 Å². The number of ether oxygens (including phenoxy) is 1. The van der Waals surface area contributed by atoms with Crippen LogP contribution in [0, 0.1) is 11.8 Å². The lowest BCUT2D eigenvalue weighted by molar-refractivity contribution is -0.132. The number of carbonyl (C=O) groups excluding carboxylic acids is 2. The largest absolute Gasteiger partial charge is 0.484 e. The van der Waals surface area contributed by atoms with Crippen molar-refractivity contribution < 1.29 is 14.3 Å². The Kier molecular flexibility index (Phi) is 6.45. The Hall–Kier alpha value is -1.79. The average Bonchev–Trinajstić information content (AvgIpc) is 3.30. The molecule has 6 nitrogen and oxygen atoms in total. The second kappa shape index (κ2) is 8.35. The minimum absolute atomic E-state index is 0. The fourth-order valence-corrected chi connectivity index (χ4v) is 2.74. The lowest BCUT2D eigenvalue weighted by atomic mass is 10.1. The van der Waals surface area contributed by atoms with E-state index in [4.69, 9.17) is 10.5 Å². The van der Waals surface area contributed by atoms with Crippen LogP contribution in [-0.4, -0.2) is 43.0 Å². The summed E-state index contributed by atoms with van der Waals surface area (Å²) in [6.07, 6.45) is 2.90. The van der Waals surface area contributed by atoms with Crippen molar-refractivity contribution in [3.05, 3.63) is 24.3 Å². The van der Waals surface area contributed by atoms with E-state index in [0.29, 0.717) is 23.9 Å². The lowest BCUT2D eigenvalue weighted by Gasteiger charge is -2.16. The number of rotatable bonds is 6. The number of hydrogen-bond acceptors (Lipinski definition) is 4. The summed E-state index contributed by atoms with van der Waals surface area (Å²) in [6, 6.07) is 7.16. The first kappa shape index (κ1) is 18.5. The van der Waals surface area contributed by atoms with Crippen LogP contribution in [0.2, 0.25) is 0 Å². The number of nitrogens with one attached hydrogen (secondary N) is 1. The van der Waals surface area contributed by atoms with E-state index in [2.05, 4.69) is 5.32 Å². The molecule has 3 N–H and O–H groups in total. The van der Waals surface area contributed by atoms with Crippen molar-refractivity contribution in [2.24, 2.45) is 17.6 Å². The SMILES string of the molecule is Cl.NCC1CCN(C(=O)COc2cccc(NC(=O)C3CC3)c2)C1. The fraction of sp³-hybridized carbons (Fsp3) is 0.529. The summed E-state index contributed by atoms with van der Waals surface area (Å²) in [6.45, 7) is 2.10. The first-order valence-corrected chi connectivity index (χ1v) is 8.17. The molecule has 7 heteroatoms. The molecule has 0 bridgehead atoms. The number of halogens is 1. The van der Waals surface area contributed by atoms with Crippen LogP contribution in [0.15, 0.2) is 24.3 Å². The van der Waals surface area contributed by atoms with Gasteiger partial charge in [-0.25, -0.2) is 0 Å². The summed E-state index contributed by atoms with van der Waals surface area (Å²) in [4.78, 5) is 25.7. The van der Waals surface area contributed by atoms with Crippen molar-refractivity contribution in [3.8, 4) is 5.75 Å². The molecule has 0 spiro atoms. The molecule has 1 aliphatic carbocycles. The van der Waals surface area contributed by atoms with Gasteiger partial charge in [0.15, 0.2) is 6.61 Å². The molecule has 132 valence electrons. The van der Waals surface area contributed by atoms with E-state index in [-0.39, 0.29) is 36.7 Å². The van der Waals surface area contributed by atoms with Gasteiger partial charge in [0.05, 0.1) is 0 Å². The Morgan fingerprint density at radius 1 is 1.29 bits per heavy atom. The number of nitrogens with two attached hydrogens (primary N) is 1. The van der Waals surface area contributed by atoms with Crippen molar-refractivity contribution in [1.82, 2.24) is 4.90 Å². The maximum absolute atomic E-state index is 12.1. The molecule has 24 heavy (non-hydrogen) atoms. The van der Waals surface area contributed by atoms with Crippen LogP contribution in [0.5, 0.6) is 5.75 Å². The smallest absolute Gasteiger partial charge is 0.260 e. The van der Waals surface area contributed by atoms with Gasteiger partial charge < -0.3 is 20.7 Å². The summed E-state index contributed by atoms with van der Waals surface area (Å²) in [7, 11) is 0. The second-order valence-electron chi connectivity index (χ2n) is 6.31. The number of amides is 2. The molecule has 1 saturated carbocycles. The molecule has 1 unspecified atom stereocenters. The van der Waals surface area contributed by atoms with Gasteiger partial charge >= 0.3 is 0 Å². The lowest BCUT2D eigenvalue weighted by Crippen LogP contribution is -2.33. The molecule has 1 aromatic carbocycles. The van der Waals surface area contributed by atoms with E-state index in [0.717, 1.165) is 32.4 Å². The minimum Gasteiger partial charge on any atom is -0.484 e. The predicted molar refractivity (Wildman–Crippen MR) is 94.3 cm³/mol. The molecule has 3 rings (SSSR count). The highest BCUT2D eigenvalue weighted by Gasteiger charge is 2.29. The zero-order valence-corrected chi connectivity index (χ0v) is 14.4. The van der Waals surface area contributed by atoms with Gasteiger partial charge in [0, 0.05) is 30.8 Å². The van der Waals surface area contributed by atoms with Gasteiger partial charge in [-0.15, -0.1) is 12.4 Å². The van der Waals surface area contributed by atoms with Crippen LogP contribution in [0.3, 0.4) is 0 Å². The average molecular weight is 354 g/mol. The van der Waals surface area contributed by atoms with E-state index in [1.807, 2.05) is 12.1 Å². The van der Waals surface area contributed by atoms with Crippen LogP contribution in [0.1, 0.15) is 19.3 Å². The molecule has 2 amide bonds. The van der Waals surface area contributed by atoms with E-state index in [1.165, 1.54) is 0 Å². The maximum Gasteiger partial charge on any atom is 0.260 e. The predicted octanol–water partition coefficient (Wildman–Crippen LogP) is 1.64. The normalized spacial score (nSPS) is 19.5. The molecule has 1 aliphatic heterocycles. The third kappa shape index (κ3) is 4.85. The topological polar surface area (TPSA) is 84.7 Å². The number of nitrogens with zero attached hydrogens (tertiary/aromatic N) is 1. The van der Waals surface area contributed by atoms with Gasteiger partial charge in [-0.3, -0.25) is 9.59 Å². The zero-order valence-electron chi connectivity index (χ0n) is 13.6. The molecule has 1 atom stereocenters. The molecule has 0 radical (unpaired) electrons. The summed E-state index contributed by atoms with van der Waals surface area (Å²) in [5.74, 6) is 1.18. The van der Waals surface area contributed by atoms with Crippen LogP contribution < -0.4 is 15.8 Å². The number of carbonyl (C=O) groups is 2. The fourth-order valence-electron chi connectivity index (χ4n) is 2.74. The Labute approximate surface area is 148 Å². The van der Waals surface area contributed by atoms with E-state index in [1.54, 1.807) is 17.0 Å². The summed E-state index contributed by atoms with van der Waals surface area (Å²) in [5, 5.41) is 2.87. The third-order valence-corrected chi connectivity index (χ3v) is 4.38. The quantitative estimate of drug-likeness (QED) is 0.814. The molecule has 2 aliphatic rings. The Bertz CT molecular complexity index is 592. The third-order valence-electron chi connectivity index (χ3n) is 4.38. The first-order valence-electron chi connectivity index (χ1n) is 8.17. The van der Waals surface area contributed by atoms with E-state index in [9.17, 15) is 9.59 Å². The first-order chi connectivity index (χ1) is 11.2. The van der Waals surface area contributed by atoms with Crippen molar-refractivity contribution in [2.45, 2.75) is 19.3 Å². The van der Waals surface area contributed by atoms with Gasteiger partial charge in [-0.05, 0) is 43.9 Å². The van der Waals surface area contributed by atoms with Crippen molar-refractivity contribution in [3.63, 3.8) is 0 Å².